The van der Waals surface area contributed by atoms with Crippen LogP contribution in [0.3, 0.4) is 0 Å². The van der Waals surface area contributed by atoms with Crippen LogP contribution < -0.4 is 5.32 Å². The number of ether oxygens (including phenoxy) is 1. The van der Waals surface area contributed by atoms with Crippen molar-refractivity contribution in [2.75, 3.05) is 7.11 Å². The largest absolute Gasteiger partial charge is 0.506 e. The van der Waals surface area contributed by atoms with Crippen LogP contribution in [0, 0.1) is 0 Å². The lowest BCUT2D eigenvalue weighted by Gasteiger charge is -2.17. The molecule has 0 saturated carbocycles. The van der Waals surface area contributed by atoms with Gasteiger partial charge in [0.15, 0.2) is 6.04 Å². The van der Waals surface area contributed by atoms with Gasteiger partial charge in [-0.1, -0.05) is 72.8 Å². The van der Waals surface area contributed by atoms with E-state index in [-0.39, 0.29) is 11.3 Å². The number of hydrogen-bond donors (Lipinski definition) is 2. The monoisotopic (exact) mass is 439 g/mol. The predicted molar refractivity (Wildman–Crippen MR) is 125 cm³/mol. The van der Waals surface area contributed by atoms with Gasteiger partial charge in [-0.3, -0.25) is 4.79 Å². The standard InChI is InChI=1S/C26H21N3O4/c1-33-26(32)23(18-10-3-2-4-11-18)27-25(31)20-13-7-8-14-21(20)28-29-24-19-12-6-5-9-17(19)15-16-22(24)30/h2-16,23,30H,1H3,(H,27,31)/t23-/m1/s1. The summed E-state index contributed by atoms with van der Waals surface area (Å²) >= 11 is 0. The van der Waals surface area contributed by atoms with Gasteiger partial charge in [0, 0.05) is 5.39 Å². The van der Waals surface area contributed by atoms with E-state index in [0.29, 0.717) is 16.9 Å². The van der Waals surface area contributed by atoms with E-state index < -0.39 is 17.9 Å². The molecule has 2 N–H and O–H groups in total. The van der Waals surface area contributed by atoms with Crippen molar-refractivity contribution in [3.63, 3.8) is 0 Å². The minimum absolute atomic E-state index is 0.0192. The Kier molecular flexibility index (Phi) is 6.40. The van der Waals surface area contributed by atoms with E-state index in [4.69, 9.17) is 4.74 Å². The predicted octanol–water partition coefficient (Wildman–Crippen LogP) is 5.60. The molecule has 7 nitrogen and oxygen atoms in total. The highest BCUT2D eigenvalue weighted by atomic mass is 16.5. The second kappa shape index (κ2) is 9.74. The molecule has 0 heterocycles. The van der Waals surface area contributed by atoms with Gasteiger partial charge in [0.1, 0.15) is 11.4 Å². The van der Waals surface area contributed by atoms with Gasteiger partial charge in [-0.15, -0.1) is 10.2 Å². The molecule has 1 atom stereocenters. The molecule has 7 heteroatoms. The molecule has 33 heavy (non-hydrogen) atoms. The molecule has 0 saturated heterocycles. The molecule has 0 unspecified atom stereocenters. The van der Waals surface area contributed by atoms with E-state index >= 15 is 0 Å². The summed E-state index contributed by atoms with van der Waals surface area (Å²) in [4.78, 5) is 25.4. The van der Waals surface area contributed by atoms with Crippen molar-refractivity contribution in [1.29, 1.82) is 0 Å². The first-order valence-corrected chi connectivity index (χ1v) is 10.2. The molecular formula is C26H21N3O4. The quantitative estimate of drug-likeness (QED) is 0.301. The smallest absolute Gasteiger partial charge is 0.333 e. The second-order valence-corrected chi connectivity index (χ2v) is 7.21. The molecule has 0 aliphatic heterocycles. The number of phenols is 1. The first-order valence-electron chi connectivity index (χ1n) is 10.2. The molecule has 4 aromatic rings. The number of nitrogens with one attached hydrogen (secondary N) is 1. The van der Waals surface area contributed by atoms with E-state index in [2.05, 4.69) is 15.5 Å². The Balaban J connectivity index is 1.66. The number of carbonyl (C=O) groups is 2. The van der Waals surface area contributed by atoms with Gasteiger partial charge in [0.2, 0.25) is 0 Å². The van der Waals surface area contributed by atoms with Crippen LogP contribution in [0.25, 0.3) is 10.8 Å². The van der Waals surface area contributed by atoms with Crippen LogP contribution in [0.2, 0.25) is 0 Å². The van der Waals surface area contributed by atoms with Crippen LogP contribution in [0.15, 0.2) is 101 Å². The van der Waals surface area contributed by atoms with Crippen molar-refractivity contribution in [1.82, 2.24) is 5.32 Å². The molecule has 0 aliphatic rings. The number of amides is 1. The summed E-state index contributed by atoms with van der Waals surface area (Å²) in [6.07, 6.45) is 0. The summed E-state index contributed by atoms with van der Waals surface area (Å²) in [5.41, 5.74) is 1.42. The number of hydrogen-bond acceptors (Lipinski definition) is 6. The Morgan fingerprint density at radius 3 is 2.33 bits per heavy atom. The van der Waals surface area contributed by atoms with Crippen LogP contribution in [0.5, 0.6) is 5.75 Å². The molecular weight excluding hydrogens is 418 g/mol. The van der Waals surface area contributed by atoms with Crippen molar-refractivity contribution in [2.45, 2.75) is 6.04 Å². The van der Waals surface area contributed by atoms with E-state index in [1.165, 1.54) is 7.11 Å². The Morgan fingerprint density at radius 2 is 1.55 bits per heavy atom. The maximum atomic E-state index is 13.1. The fourth-order valence-electron chi connectivity index (χ4n) is 3.46. The molecule has 0 aliphatic carbocycles. The molecule has 0 fully saturated rings. The first-order chi connectivity index (χ1) is 16.1. The lowest BCUT2D eigenvalue weighted by atomic mass is 10.1. The summed E-state index contributed by atoms with van der Waals surface area (Å²) in [7, 11) is 1.27. The maximum absolute atomic E-state index is 13.1. The Morgan fingerprint density at radius 1 is 0.848 bits per heavy atom. The minimum atomic E-state index is -0.976. The van der Waals surface area contributed by atoms with Crippen LogP contribution in [0.1, 0.15) is 22.0 Å². The zero-order valence-electron chi connectivity index (χ0n) is 17.8. The van der Waals surface area contributed by atoms with Crippen LogP contribution >= 0.6 is 0 Å². The summed E-state index contributed by atoms with van der Waals surface area (Å²) in [5.74, 6) is -1.12. The normalized spacial score (nSPS) is 11.9. The molecule has 1 amide bonds. The summed E-state index contributed by atoms with van der Waals surface area (Å²) in [6.45, 7) is 0. The van der Waals surface area contributed by atoms with Crippen LogP contribution in [-0.2, 0) is 9.53 Å². The lowest BCUT2D eigenvalue weighted by Crippen LogP contribution is -2.34. The minimum Gasteiger partial charge on any atom is -0.506 e. The summed E-state index contributed by atoms with van der Waals surface area (Å²) in [5, 5.41) is 23.1. The van der Waals surface area contributed by atoms with E-state index in [1.807, 2.05) is 30.3 Å². The third-order valence-electron chi connectivity index (χ3n) is 5.13. The number of methoxy groups -OCH3 is 1. The fourth-order valence-corrected chi connectivity index (χ4v) is 3.46. The number of aromatic hydroxyl groups is 1. The number of fused-ring (bicyclic) bond motifs is 1. The van der Waals surface area contributed by atoms with E-state index in [0.717, 1.165) is 10.8 Å². The topological polar surface area (TPSA) is 100 Å². The average molecular weight is 439 g/mol. The molecule has 4 rings (SSSR count). The first kappa shape index (κ1) is 21.7. The van der Waals surface area contributed by atoms with Crippen molar-refractivity contribution < 1.29 is 19.4 Å². The summed E-state index contributed by atoms with van der Waals surface area (Å²) in [6, 6.07) is 25.3. The van der Waals surface area contributed by atoms with E-state index in [9.17, 15) is 14.7 Å². The molecule has 164 valence electrons. The number of benzene rings is 4. The Bertz CT molecular complexity index is 1340. The zero-order valence-corrected chi connectivity index (χ0v) is 17.8. The molecule has 0 radical (unpaired) electrons. The van der Waals surface area contributed by atoms with Gasteiger partial charge < -0.3 is 15.2 Å². The van der Waals surface area contributed by atoms with Gasteiger partial charge in [-0.05, 0) is 29.1 Å². The number of phenolic OH excluding ortho intramolecular Hbond substituents is 1. The Hall–Kier alpha value is -4.52. The highest BCUT2D eigenvalue weighted by Gasteiger charge is 2.25. The number of azo groups is 1. The van der Waals surface area contributed by atoms with Gasteiger partial charge in [-0.25, -0.2) is 4.79 Å². The SMILES string of the molecule is COC(=O)[C@H](NC(=O)c1ccccc1N=Nc1c(O)ccc2ccccc12)c1ccccc1. The molecule has 0 aromatic heterocycles. The van der Waals surface area contributed by atoms with Crippen molar-refractivity contribution in [3.8, 4) is 5.75 Å². The number of rotatable bonds is 6. The molecule has 0 bridgehead atoms. The van der Waals surface area contributed by atoms with Gasteiger partial charge in [0.25, 0.3) is 5.91 Å². The summed E-state index contributed by atoms with van der Waals surface area (Å²) < 4.78 is 4.87. The fraction of sp³-hybridized carbons (Fsp3) is 0.0769. The molecule has 4 aromatic carbocycles. The third kappa shape index (κ3) is 4.72. The van der Waals surface area contributed by atoms with Crippen LogP contribution in [-0.4, -0.2) is 24.1 Å². The zero-order chi connectivity index (χ0) is 23.2. The third-order valence-corrected chi connectivity index (χ3v) is 5.13. The van der Waals surface area contributed by atoms with Gasteiger partial charge in [0.05, 0.1) is 18.4 Å². The van der Waals surface area contributed by atoms with Crippen molar-refractivity contribution in [3.05, 3.63) is 102 Å². The molecule has 0 spiro atoms. The van der Waals surface area contributed by atoms with Gasteiger partial charge in [-0.2, -0.15) is 0 Å². The highest BCUT2D eigenvalue weighted by Crippen LogP contribution is 2.36. The van der Waals surface area contributed by atoms with E-state index in [1.54, 1.807) is 60.7 Å². The maximum Gasteiger partial charge on any atom is 0.333 e. The number of esters is 1. The Labute approximate surface area is 190 Å². The van der Waals surface area contributed by atoms with Crippen LogP contribution in [0.4, 0.5) is 11.4 Å². The highest BCUT2D eigenvalue weighted by molar-refractivity contribution is 6.01. The van der Waals surface area contributed by atoms with Gasteiger partial charge >= 0.3 is 5.97 Å². The second-order valence-electron chi connectivity index (χ2n) is 7.21. The lowest BCUT2D eigenvalue weighted by molar-refractivity contribution is -0.143. The number of carbonyl (C=O) groups excluding carboxylic acids is 2. The average Bonchev–Trinajstić information content (AvgIpc) is 2.86. The number of nitrogens with zero attached hydrogens (tertiary/aromatic N) is 2. The van der Waals surface area contributed by atoms with Crippen molar-refractivity contribution in [2.24, 2.45) is 10.2 Å². The van der Waals surface area contributed by atoms with Crippen molar-refractivity contribution >= 4 is 34.0 Å².